The molecule has 2 aromatic heterocycles. The zero-order valence-electron chi connectivity index (χ0n) is 15.2. The van der Waals surface area contributed by atoms with Crippen molar-refractivity contribution >= 4 is 21.6 Å². The van der Waals surface area contributed by atoms with Crippen LogP contribution in [0.4, 0.5) is 11.8 Å². The Morgan fingerprint density at radius 2 is 2.19 bits per heavy atom. The summed E-state index contributed by atoms with van der Waals surface area (Å²) in [6.45, 7) is 3.27. The topological polar surface area (TPSA) is 144 Å². The van der Waals surface area contributed by atoms with Gasteiger partial charge in [0.25, 0.3) is 5.56 Å². The van der Waals surface area contributed by atoms with Crippen LogP contribution in [-0.4, -0.2) is 54.4 Å². The summed E-state index contributed by atoms with van der Waals surface area (Å²) < 4.78 is 28.5. The SMILES string of the molecule is Cc1cc(N2CCCOCC2c2cnc(CS(C)(=O)=O)[nH]c2=O)nc(N)n1. The van der Waals surface area contributed by atoms with Crippen molar-refractivity contribution in [1.82, 2.24) is 19.9 Å². The molecule has 0 saturated carbocycles. The number of aromatic nitrogens is 4. The average molecular weight is 394 g/mol. The molecule has 0 bridgehead atoms. The van der Waals surface area contributed by atoms with Gasteiger partial charge in [0.2, 0.25) is 5.95 Å². The number of aromatic amines is 1. The number of nitrogens with zero attached hydrogens (tertiary/aromatic N) is 4. The molecule has 10 nitrogen and oxygen atoms in total. The maximum absolute atomic E-state index is 12.6. The number of aryl methyl sites for hydroxylation is 1. The molecular formula is C16H22N6O4S. The lowest BCUT2D eigenvalue weighted by Crippen LogP contribution is -2.35. The van der Waals surface area contributed by atoms with Crippen LogP contribution >= 0.6 is 0 Å². The van der Waals surface area contributed by atoms with Gasteiger partial charge in [0.05, 0.1) is 18.2 Å². The first-order valence-corrected chi connectivity index (χ1v) is 10.5. The third-order valence-corrected chi connectivity index (χ3v) is 4.93. The van der Waals surface area contributed by atoms with Crippen molar-refractivity contribution in [2.24, 2.45) is 0 Å². The van der Waals surface area contributed by atoms with E-state index in [2.05, 4.69) is 19.9 Å². The largest absolute Gasteiger partial charge is 0.379 e. The first-order chi connectivity index (χ1) is 12.7. The first-order valence-electron chi connectivity index (χ1n) is 8.44. The van der Waals surface area contributed by atoms with Crippen molar-refractivity contribution in [2.75, 3.05) is 36.6 Å². The van der Waals surface area contributed by atoms with Crippen molar-refractivity contribution in [3.63, 3.8) is 0 Å². The highest BCUT2D eigenvalue weighted by molar-refractivity contribution is 7.89. The van der Waals surface area contributed by atoms with Gasteiger partial charge in [0, 0.05) is 37.4 Å². The Bertz CT molecular complexity index is 970. The van der Waals surface area contributed by atoms with Crippen LogP contribution in [0.15, 0.2) is 17.1 Å². The maximum atomic E-state index is 12.6. The Morgan fingerprint density at radius 1 is 1.41 bits per heavy atom. The molecule has 1 fully saturated rings. The molecule has 27 heavy (non-hydrogen) atoms. The standard InChI is InChI=1S/C16H22N6O4S/c1-10-6-14(21-16(17)19-10)22-4-3-5-26-8-12(22)11-7-18-13(20-15(11)23)9-27(2,24)25/h6-7,12H,3-5,8-9H2,1-2H3,(H2,17,19,21)(H,18,20,23). The Morgan fingerprint density at radius 3 is 2.85 bits per heavy atom. The number of nitrogens with two attached hydrogens (primary N) is 1. The molecule has 2 aromatic rings. The molecule has 1 aliphatic rings. The fraction of sp³-hybridized carbons (Fsp3) is 0.500. The van der Waals surface area contributed by atoms with Crippen LogP contribution in [0.25, 0.3) is 0 Å². The van der Waals surface area contributed by atoms with Gasteiger partial charge in [-0.3, -0.25) is 4.79 Å². The summed E-state index contributed by atoms with van der Waals surface area (Å²) in [6, 6.07) is 1.37. The van der Waals surface area contributed by atoms with E-state index in [0.717, 1.165) is 18.4 Å². The Balaban J connectivity index is 1.99. The molecule has 3 heterocycles. The molecule has 0 amide bonds. The van der Waals surface area contributed by atoms with E-state index in [1.54, 1.807) is 6.07 Å². The summed E-state index contributed by atoms with van der Waals surface area (Å²) in [6.07, 6.45) is 3.25. The molecule has 0 aliphatic carbocycles. The van der Waals surface area contributed by atoms with Crippen LogP contribution in [0, 0.1) is 6.92 Å². The van der Waals surface area contributed by atoms with Gasteiger partial charge in [0.15, 0.2) is 9.84 Å². The minimum Gasteiger partial charge on any atom is -0.379 e. The van der Waals surface area contributed by atoms with Crippen LogP contribution < -0.4 is 16.2 Å². The van der Waals surface area contributed by atoms with Crippen LogP contribution in [-0.2, 0) is 20.3 Å². The van der Waals surface area contributed by atoms with E-state index in [1.807, 2.05) is 11.8 Å². The van der Waals surface area contributed by atoms with E-state index in [4.69, 9.17) is 10.5 Å². The molecule has 0 aromatic carbocycles. The molecule has 0 spiro atoms. The highest BCUT2D eigenvalue weighted by Crippen LogP contribution is 2.27. The molecule has 0 radical (unpaired) electrons. The summed E-state index contributed by atoms with van der Waals surface area (Å²) in [7, 11) is -3.30. The predicted octanol–water partition coefficient (Wildman–Crippen LogP) is -0.0369. The zero-order chi connectivity index (χ0) is 19.6. The summed E-state index contributed by atoms with van der Waals surface area (Å²) in [4.78, 5) is 29.6. The lowest BCUT2D eigenvalue weighted by molar-refractivity contribution is 0.134. The highest BCUT2D eigenvalue weighted by atomic mass is 32.2. The molecule has 11 heteroatoms. The van der Waals surface area contributed by atoms with Gasteiger partial charge in [-0.25, -0.2) is 18.4 Å². The van der Waals surface area contributed by atoms with Gasteiger partial charge in [-0.15, -0.1) is 0 Å². The number of sulfone groups is 1. The minimum absolute atomic E-state index is 0.106. The van der Waals surface area contributed by atoms with Crippen molar-refractivity contribution in [1.29, 1.82) is 0 Å². The summed E-state index contributed by atoms with van der Waals surface area (Å²) in [5.74, 6) is 0.545. The molecule has 146 valence electrons. The van der Waals surface area contributed by atoms with Gasteiger partial charge in [-0.05, 0) is 13.3 Å². The van der Waals surface area contributed by atoms with Gasteiger partial charge >= 0.3 is 0 Å². The Labute approximate surface area is 156 Å². The number of ether oxygens (including phenoxy) is 1. The fourth-order valence-electron chi connectivity index (χ4n) is 3.03. The third kappa shape index (κ3) is 4.80. The van der Waals surface area contributed by atoms with E-state index in [1.165, 1.54) is 6.20 Å². The van der Waals surface area contributed by atoms with Crippen LogP contribution in [0.5, 0.6) is 0 Å². The van der Waals surface area contributed by atoms with Crippen molar-refractivity contribution in [2.45, 2.75) is 25.1 Å². The van der Waals surface area contributed by atoms with Gasteiger partial charge < -0.3 is 20.4 Å². The second kappa shape index (κ2) is 7.61. The van der Waals surface area contributed by atoms with Crippen LogP contribution in [0.1, 0.15) is 29.5 Å². The van der Waals surface area contributed by atoms with E-state index in [-0.39, 0.29) is 24.1 Å². The number of hydrogen-bond donors (Lipinski definition) is 2. The van der Waals surface area contributed by atoms with Gasteiger partial charge in [-0.1, -0.05) is 0 Å². The molecule has 1 atom stereocenters. The Hall–Kier alpha value is -2.53. The number of nitrogens with one attached hydrogen (secondary N) is 1. The number of anilines is 2. The number of rotatable bonds is 4. The quantitative estimate of drug-likeness (QED) is 0.730. The molecule has 1 saturated heterocycles. The van der Waals surface area contributed by atoms with Crippen molar-refractivity contribution in [3.8, 4) is 0 Å². The van der Waals surface area contributed by atoms with E-state index >= 15 is 0 Å². The van der Waals surface area contributed by atoms with Crippen LogP contribution in [0.2, 0.25) is 0 Å². The fourth-order valence-corrected chi connectivity index (χ4v) is 3.68. The van der Waals surface area contributed by atoms with E-state index < -0.39 is 21.4 Å². The smallest absolute Gasteiger partial charge is 0.256 e. The van der Waals surface area contributed by atoms with E-state index in [0.29, 0.717) is 24.5 Å². The molecule has 3 N–H and O–H groups in total. The number of nitrogen functional groups attached to an aromatic ring is 1. The second-order valence-corrected chi connectivity index (χ2v) is 8.69. The second-order valence-electron chi connectivity index (χ2n) is 6.55. The predicted molar refractivity (Wildman–Crippen MR) is 100 cm³/mol. The van der Waals surface area contributed by atoms with Crippen molar-refractivity contribution < 1.29 is 13.2 Å². The van der Waals surface area contributed by atoms with Crippen LogP contribution in [0.3, 0.4) is 0 Å². The normalized spacial score (nSPS) is 18.3. The molecule has 1 aliphatic heterocycles. The number of H-pyrrole nitrogens is 1. The van der Waals surface area contributed by atoms with Gasteiger partial charge in [-0.2, -0.15) is 4.98 Å². The highest BCUT2D eigenvalue weighted by Gasteiger charge is 2.28. The molecule has 3 rings (SSSR count). The Kier molecular flexibility index (Phi) is 5.42. The van der Waals surface area contributed by atoms with Crippen molar-refractivity contribution in [3.05, 3.63) is 39.7 Å². The molecular weight excluding hydrogens is 372 g/mol. The van der Waals surface area contributed by atoms with Gasteiger partial charge in [0.1, 0.15) is 17.4 Å². The summed E-state index contributed by atoms with van der Waals surface area (Å²) >= 11 is 0. The lowest BCUT2D eigenvalue weighted by Gasteiger charge is -2.30. The van der Waals surface area contributed by atoms with E-state index in [9.17, 15) is 13.2 Å². The summed E-state index contributed by atoms with van der Waals surface area (Å²) in [5, 5.41) is 0. The first kappa shape index (κ1) is 19.2. The molecule has 1 unspecified atom stereocenters. The average Bonchev–Trinajstić information content (AvgIpc) is 2.78. The zero-order valence-corrected chi connectivity index (χ0v) is 16.0. The minimum atomic E-state index is -3.30. The third-order valence-electron chi connectivity index (χ3n) is 4.13. The number of hydrogen-bond acceptors (Lipinski definition) is 9. The lowest BCUT2D eigenvalue weighted by atomic mass is 10.1. The summed E-state index contributed by atoms with van der Waals surface area (Å²) in [5.41, 5.74) is 6.48. The maximum Gasteiger partial charge on any atom is 0.256 e. The monoisotopic (exact) mass is 394 g/mol.